The second-order valence-electron chi connectivity index (χ2n) is 5.90. The molecule has 0 radical (unpaired) electrons. The van der Waals surface area contributed by atoms with E-state index in [2.05, 4.69) is 36.4 Å². The van der Waals surface area contributed by atoms with Crippen molar-refractivity contribution in [3.05, 3.63) is 89.2 Å². The maximum Gasteiger partial charge on any atom is 0.255 e. The van der Waals surface area contributed by atoms with Crippen molar-refractivity contribution in [1.82, 2.24) is 24.5 Å². The number of amides is 1. The summed E-state index contributed by atoms with van der Waals surface area (Å²) < 4.78 is 4.36. The van der Waals surface area contributed by atoms with Gasteiger partial charge in [0.1, 0.15) is 12.7 Å². The van der Waals surface area contributed by atoms with Crippen molar-refractivity contribution < 1.29 is 4.79 Å². The second kappa shape index (κ2) is 7.55. The van der Waals surface area contributed by atoms with Crippen molar-refractivity contribution in [2.45, 2.75) is 6.54 Å². The van der Waals surface area contributed by atoms with Crippen LogP contribution >= 0.6 is 15.9 Å². The van der Waals surface area contributed by atoms with Gasteiger partial charge < -0.3 is 5.32 Å². The first-order chi connectivity index (χ1) is 13.2. The number of hydrogen-bond donors (Lipinski definition) is 1. The lowest BCUT2D eigenvalue weighted by Crippen LogP contribution is -2.12. The van der Waals surface area contributed by atoms with Crippen LogP contribution in [0.15, 0.2) is 78.1 Å². The summed E-state index contributed by atoms with van der Waals surface area (Å²) >= 11 is 3.37. The highest BCUT2D eigenvalue weighted by Crippen LogP contribution is 2.16. The van der Waals surface area contributed by atoms with Crippen molar-refractivity contribution in [3.63, 3.8) is 0 Å². The molecular formula is C19H15BrN6O. The first-order valence-electron chi connectivity index (χ1n) is 8.21. The van der Waals surface area contributed by atoms with E-state index in [0.717, 1.165) is 21.4 Å². The van der Waals surface area contributed by atoms with Crippen molar-refractivity contribution in [3.8, 4) is 5.69 Å². The third-order valence-corrected chi connectivity index (χ3v) is 4.35. The molecule has 8 heteroatoms. The van der Waals surface area contributed by atoms with Gasteiger partial charge in [-0.25, -0.2) is 14.3 Å². The van der Waals surface area contributed by atoms with Crippen LogP contribution in [-0.2, 0) is 6.54 Å². The lowest BCUT2D eigenvalue weighted by Gasteiger charge is -2.08. The number of aromatic nitrogens is 5. The first-order valence-corrected chi connectivity index (χ1v) is 9.00. The van der Waals surface area contributed by atoms with E-state index >= 15 is 0 Å². The van der Waals surface area contributed by atoms with E-state index in [1.54, 1.807) is 34.0 Å². The van der Waals surface area contributed by atoms with E-state index in [0.29, 0.717) is 12.1 Å². The number of anilines is 1. The summed E-state index contributed by atoms with van der Waals surface area (Å²) in [6.07, 6.45) is 6.73. The monoisotopic (exact) mass is 422 g/mol. The number of nitrogens with zero attached hydrogens (tertiary/aromatic N) is 5. The van der Waals surface area contributed by atoms with E-state index in [4.69, 9.17) is 0 Å². The van der Waals surface area contributed by atoms with Gasteiger partial charge in [-0.2, -0.15) is 10.2 Å². The van der Waals surface area contributed by atoms with Gasteiger partial charge in [-0.3, -0.25) is 4.79 Å². The molecule has 0 saturated carbocycles. The molecule has 1 amide bonds. The number of carbonyl (C=O) groups is 1. The van der Waals surface area contributed by atoms with Gasteiger partial charge in [0.15, 0.2) is 0 Å². The average Bonchev–Trinajstić information content (AvgIpc) is 3.34. The van der Waals surface area contributed by atoms with Crippen LogP contribution in [0.25, 0.3) is 5.69 Å². The van der Waals surface area contributed by atoms with E-state index in [1.165, 1.54) is 6.33 Å². The first kappa shape index (κ1) is 17.2. The van der Waals surface area contributed by atoms with Gasteiger partial charge in [0.2, 0.25) is 0 Å². The largest absolute Gasteiger partial charge is 0.322 e. The van der Waals surface area contributed by atoms with Gasteiger partial charge in [-0.1, -0.05) is 12.1 Å². The van der Waals surface area contributed by atoms with Crippen LogP contribution in [0.5, 0.6) is 0 Å². The SMILES string of the molecule is O=C(Nc1cccc(Cn2cncn2)c1)c1ccc(-n2cc(Br)cn2)cc1. The Hall–Kier alpha value is -3.26. The highest BCUT2D eigenvalue weighted by Gasteiger charge is 2.08. The topological polar surface area (TPSA) is 77.6 Å². The van der Waals surface area contributed by atoms with Crippen molar-refractivity contribution in [2.24, 2.45) is 0 Å². The van der Waals surface area contributed by atoms with Crippen LogP contribution in [0, 0.1) is 0 Å². The number of nitrogens with one attached hydrogen (secondary N) is 1. The lowest BCUT2D eigenvalue weighted by molar-refractivity contribution is 0.102. The van der Waals surface area contributed by atoms with Gasteiger partial charge in [-0.05, 0) is 57.9 Å². The molecule has 2 aromatic heterocycles. The van der Waals surface area contributed by atoms with E-state index < -0.39 is 0 Å². The highest BCUT2D eigenvalue weighted by molar-refractivity contribution is 9.10. The summed E-state index contributed by atoms with van der Waals surface area (Å²) in [7, 11) is 0. The van der Waals surface area contributed by atoms with Gasteiger partial charge in [0.25, 0.3) is 5.91 Å². The summed E-state index contributed by atoms with van der Waals surface area (Å²) in [6.45, 7) is 0.595. The van der Waals surface area contributed by atoms with Gasteiger partial charge in [0, 0.05) is 17.4 Å². The van der Waals surface area contributed by atoms with Crippen LogP contribution in [0.1, 0.15) is 15.9 Å². The number of benzene rings is 2. The van der Waals surface area contributed by atoms with E-state index in [1.807, 2.05) is 42.6 Å². The van der Waals surface area contributed by atoms with Crippen molar-refractivity contribution in [2.75, 3.05) is 5.32 Å². The molecule has 0 saturated heterocycles. The lowest BCUT2D eigenvalue weighted by atomic mass is 10.1. The van der Waals surface area contributed by atoms with Crippen LogP contribution < -0.4 is 5.32 Å². The molecule has 2 heterocycles. The van der Waals surface area contributed by atoms with E-state index in [9.17, 15) is 4.79 Å². The van der Waals surface area contributed by atoms with Gasteiger partial charge in [0.05, 0.1) is 22.9 Å². The Labute approximate surface area is 163 Å². The Morgan fingerprint density at radius 1 is 1.11 bits per heavy atom. The van der Waals surface area contributed by atoms with Crippen molar-refractivity contribution >= 4 is 27.5 Å². The minimum atomic E-state index is -0.166. The molecule has 4 rings (SSSR count). The quantitative estimate of drug-likeness (QED) is 0.533. The third-order valence-electron chi connectivity index (χ3n) is 3.94. The summed E-state index contributed by atoms with van der Waals surface area (Å²) in [6, 6.07) is 14.9. The molecule has 0 unspecified atom stereocenters. The van der Waals surface area contributed by atoms with Crippen LogP contribution in [0.2, 0.25) is 0 Å². The molecule has 4 aromatic rings. The molecule has 0 atom stereocenters. The number of carbonyl (C=O) groups excluding carboxylic acids is 1. The highest BCUT2D eigenvalue weighted by atomic mass is 79.9. The van der Waals surface area contributed by atoms with Gasteiger partial charge >= 0.3 is 0 Å². The molecule has 0 fully saturated rings. The van der Waals surface area contributed by atoms with Crippen LogP contribution in [-0.4, -0.2) is 30.5 Å². The maximum atomic E-state index is 12.5. The molecule has 0 spiro atoms. The third kappa shape index (κ3) is 4.12. The minimum Gasteiger partial charge on any atom is -0.322 e. The van der Waals surface area contributed by atoms with Crippen molar-refractivity contribution in [1.29, 1.82) is 0 Å². The molecule has 0 bridgehead atoms. The predicted octanol–water partition coefficient (Wildman–Crippen LogP) is 3.53. The molecule has 1 N–H and O–H groups in total. The van der Waals surface area contributed by atoms with Crippen LogP contribution in [0.3, 0.4) is 0 Å². The number of hydrogen-bond acceptors (Lipinski definition) is 4. The number of halogens is 1. The number of rotatable bonds is 5. The molecule has 134 valence electrons. The van der Waals surface area contributed by atoms with E-state index in [-0.39, 0.29) is 5.91 Å². The minimum absolute atomic E-state index is 0.166. The molecule has 7 nitrogen and oxygen atoms in total. The Bertz CT molecular complexity index is 1060. The van der Waals surface area contributed by atoms with Gasteiger partial charge in [-0.15, -0.1) is 0 Å². The molecule has 2 aromatic carbocycles. The standard InChI is InChI=1S/C19H15BrN6O/c20-16-9-22-26(11-16)18-6-4-15(5-7-18)19(27)24-17-3-1-2-14(8-17)10-25-13-21-12-23-25/h1-9,11-13H,10H2,(H,24,27). The molecule has 0 aliphatic carbocycles. The normalized spacial score (nSPS) is 10.7. The fraction of sp³-hybridized carbons (Fsp3) is 0.0526. The predicted molar refractivity (Wildman–Crippen MR) is 105 cm³/mol. The Morgan fingerprint density at radius 3 is 2.67 bits per heavy atom. The fourth-order valence-electron chi connectivity index (χ4n) is 2.66. The second-order valence-corrected chi connectivity index (χ2v) is 6.81. The smallest absolute Gasteiger partial charge is 0.255 e. The zero-order valence-electron chi connectivity index (χ0n) is 14.2. The summed E-state index contributed by atoms with van der Waals surface area (Å²) in [5.74, 6) is -0.166. The summed E-state index contributed by atoms with van der Waals surface area (Å²) in [5, 5.41) is 11.2. The van der Waals surface area contributed by atoms with Crippen LogP contribution in [0.4, 0.5) is 5.69 Å². The molecule has 0 aliphatic heterocycles. The Morgan fingerprint density at radius 2 is 1.96 bits per heavy atom. The Balaban J connectivity index is 1.46. The summed E-state index contributed by atoms with van der Waals surface area (Å²) in [5.41, 5.74) is 3.22. The zero-order chi connectivity index (χ0) is 18.6. The zero-order valence-corrected chi connectivity index (χ0v) is 15.7. The Kier molecular flexibility index (Phi) is 4.80. The fourth-order valence-corrected chi connectivity index (χ4v) is 2.95. The molecule has 27 heavy (non-hydrogen) atoms. The average molecular weight is 423 g/mol. The maximum absolute atomic E-state index is 12.5. The molecule has 0 aliphatic rings. The summed E-state index contributed by atoms with van der Waals surface area (Å²) in [4.78, 5) is 16.5. The molecular weight excluding hydrogens is 408 g/mol.